The van der Waals surface area contributed by atoms with Gasteiger partial charge in [0.25, 0.3) is 11.8 Å². The monoisotopic (exact) mass is 512 g/mol. The molecule has 9 heteroatoms. The molecule has 2 fully saturated rings. The fourth-order valence-electron chi connectivity index (χ4n) is 3.98. The molecule has 0 saturated heterocycles. The topological polar surface area (TPSA) is 99.8 Å². The van der Waals surface area contributed by atoms with Crippen LogP contribution in [0.2, 0.25) is 0 Å². The van der Waals surface area contributed by atoms with Crippen molar-refractivity contribution in [1.29, 1.82) is 0 Å². The van der Waals surface area contributed by atoms with Gasteiger partial charge < -0.3 is 15.0 Å². The van der Waals surface area contributed by atoms with Gasteiger partial charge in [0.15, 0.2) is 0 Å². The first-order chi connectivity index (χ1) is 17.4. The number of ether oxygens (including phenoxy) is 1. The van der Waals surface area contributed by atoms with Crippen LogP contribution >= 0.6 is 11.3 Å². The first-order valence-corrected chi connectivity index (χ1v) is 13.7. The van der Waals surface area contributed by atoms with E-state index in [1.165, 1.54) is 25.7 Å². The summed E-state index contributed by atoms with van der Waals surface area (Å²) in [6, 6.07) is 10.4. The number of thiophene rings is 1. The van der Waals surface area contributed by atoms with Crippen LogP contribution < -0.4 is 21.1 Å². The molecule has 2 aliphatic rings. The third kappa shape index (κ3) is 8.26. The van der Waals surface area contributed by atoms with E-state index in [2.05, 4.69) is 21.1 Å². The molecular weight excluding hydrogens is 476 g/mol. The van der Waals surface area contributed by atoms with Crippen molar-refractivity contribution >= 4 is 34.2 Å². The lowest BCUT2D eigenvalue weighted by molar-refractivity contribution is -0.124. The number of nitrogens with zero attached hydrogens (tertiary/aromatic N) is 1. The second kappa shape index (κ2) is 12.3. The Balaban J connectivity index is 1.27. The van der Waals surface area contributed by atoms with Crippen molar-refractivity contribution in [3.63, 3.8) is 0 Å². The minimum Gasteiger partial charge on any atom is -0.445 e. The zero-order chi connectivity index (χ0) is 25.5. The molecule has 0 unspecified atom stereocenters. The van der Waals surface area contributed by atoms with Crippen molar-refractivity contribution in [3.05, 3.63) is 52.9 Å². The van der Waals surface area contributed by atoms with Crippen molar-refractivity contribution in [3.8, 4) is 0 Å². The average molecular weight is 513 g/mol. The minimum atomic E-state index is -0.834. The fourth-order valence-corrected chi connectivity index (χ4v) is 4.89. The highest BCUT2D eigenvalue weighted by Gasteiger charge is 2.30. The number of carbonyl (C=O) groups excluding carboxylic acids is 3. The molecule has 1 heterocycles. The van der Waals surface area contributed by atoms with Gasteiger partial charge in [-0.05, 0) is 61.5 Å². The number of hydrazine groups is 1. The molecule has 1 aromatic carbocycles. The number of amides is 3. The Hall–Kier alpha value is -3.07. The van der Waals surface area contributed by atoms with Gasteiger partial charge in [0.1, 0.15) is 12.6 Å². The van der Waals surface area contributed by atoms with E-state index in [4.69, 9.17) is 4.74 Å². The number of hydrogen-bond acceptors (Lipinski definition) is 6. The van der Waals surface area contributed by atoms with Gasteiger partial charge in [0, 0.05) is 18.5 Å². The smallest absolute Gasteiger partial charge is 0.408 e. The molecule has 8 nitrogen and oxygen atoms in total. The van der Waals surface area contributed by atoms with Crippen LogP contribution in [0.5, 0.6) is 0 Å². The first kappa shape index (κ1) is 26.0. The number of carbonyl (C=O) groups is 3. The van der Waals surface area contributed by atoms with E-state index in [1.54, 1.807) is 11.3 Å². The van der Waals surface area contributed by atoms with Crippen LogP contribution in [0, 0.1) is 17.8 Å². The summed E-state index contributed by atoms with van der Waals surface area (Å²) in [6.45, 7) is 6.13. The zero-order valence-corrected chi connectivity index (χ0v) is 21.8. The zero-order valence-electron chi connectivity index (χ0n) is 21.0. The lowest BCUT2D eigenvalue weighted by Crippen LogP contribution is -2.52. The second-order valence-corrected chi connectivity index (χ2v) is 11.2. The van der Waals surface area contributed by atoms with Crippen LogP contribution in [0.4, 0.5) is 9.80 Å². The molecule has 2 saturated carbocycles. The Kier molecular flexibility index (Phi) is 8.85. The van der Waals surface area contributed by atoms with E-state index in [9.17, 15) is 14.4 Å². The standard InChI is InChI=1S/C27H36N4O4S/c1-18(2)12-23(28-27(34)35-16-21-6-4-3-5-7-21)26(33)30-29-25(32)22-13-24(36-17-22)31(14-19-8-9-19)15-20-10-11-20/h3-7,13,17-20,23H,8-12,14-16H2,1-2H3,(H,28,34)(H,29,32)(H,30,33)/t23-/m0/s1. The first-order valence-electron chi connectivity index (χ1n) is 12.8. The number of nitrogens with one attached hydrogen (secondary N) is 3. The van der Waals surface area contributed by atoms with Crippen molar-refractivity contribution in [2.75, 3.05) is 18.0 Å². The highest BCUT2D eigenvalue weighted by Crippen LogP contribution is 2.37. The van der Waals surface area contributed by atoms with Crippen molar-refractivity contribution in [2.45, 2.75) is 58.6 Å². The predicted molar refractivity (Wildman–Crippen MR) is 141 cm³/mol. The number of hydrogen-bond donors (Lipinski definition) is 3. The highest BCUT2D eigenvalue weighted by atomic mass is 32.1. The molecule has 1 aromatic heterocycles. The molecule has 0 spiro atoms. The largest absolute Gasteiger partial charge is 0.445 e. The molecule has 0 bridgehead atoms. The van der Waals surface area contributed by atoms with E-state index in [1.807, 2.05) is 55.6 Å². The maximum Gasteiger partial charge on any atom is 0.408 e. The Bertz CT molecular complexity index is 1020. The SMILES string of the molecule is CC(C)C[C@H](NC(=O)OCc1ccccc1)C(=O)NNC(=O)c1csc(N(CC2CC2)CC2CC2)c1. The van der Waals surface area contributed by atoms with Gasteiger partial charge in [-0.25, -0.2) is 4.79 Å². The highest BCUT2D eigenvalue weighted by molar-refractivity contribution is 7.14. The third-order valence-electron chi connectivity index (χ3n) is 6.34. The Morgan fingerprint density at radius 1 is 1.03 bits per heavy atom. The molecular formula is C27H36N4O4S. The molecule has 1 atom stereocenters. The molecule has 0 aliphatic heterocycles. The van der Waals surface area contributed by atoms with E-state index >= 15 is 0 Å². The normalized spacial score (nSPS) is 15.8. The van der Waals surface area contributed by atoms with E-state index in [0.29, 0.717) is 12.0 Å². The third-order valence-corrected chi connectivity index (χ3v) is 7.33. The fraction of sp³-hybridized carbons (Fsp3) is 0.519. The van der Waals surface area contributed by atoms with Crippen LogP contribution in [0.3, 0.4) is 0 Å². The van der Waals surface area contributed by atoms with Crippen molar-refractivity contribution < 1.29 is 19.1 Å². The van der Waals surface area contributed by atoms with Gasteiger partial charge in [-0.1, -0.05) is 44.2 Å². The van der Waals surface area contributed by atoms with Gasteiger partial charge in [-0.2, -0.15) is 0 Å². The molecule has 3 N–H and O–H groups in total. The molecule has 36 heavy (non-hydrogen) atoms. The summed E-state index contributed by atoms with van der Waals surface area (Å²) in [5.74, 6) is 0.820. The lowest BCUT2D eigenvalue weighted by atomic mass is 10.0. The van der Waals surface area contributed by atoms with E-state index in [-0.39, 0.29) is 18.4 Å². The van der Waals surface area contributed by atoms with Crippen molar-refractivity contribution in [2.24, 2.45) is 17.8 Å². The van der Waals surface area contributed by atoms with Crippen LogP contribution in [-0.4, -0.2) is 37.0 Å². The van der Waals surface area contributed by atoms with Gasteiger partial charge in [0.05, 0.1) is 10.6 Å². The maximum atomic E-state index is 12.8. The summed E-state index contributed by atoms with van der Waals surface area (Å²) in [7, 11) is 0. The summed E-state index contributed by atoms with van der Waals surface area (Å²) in [4.78, 5) is 40.2. The van der Waals surface area contributed by atoms with Crippen LogP contribution in [-0.2, 0) is 16.1 Å². The van der Waals surface area contributed by atoms with Gasteiger partial charge >= 0.3 is 6.09 Å². The molecule has 3 amide bonds. The summed E-state index contributed by atoms with van der Waals surface area (Å²) in [6.07, 6.45) is 4.88. The maximum absolute atomic E-state index is 12.8. The molecule has 2 aromatic rings. The number of anilines is 1. The molecule has 0 radical (unpaired) electrons. The van der Waals surface area contributed by atoms with E-state index in [0.717, 1.165) is 35.5 Å². The predicted octanol–water partition coefficient (Wildman–Crippen LogP) is 4.48. The number of alkyl carbamates (subject to hydrolysis) is 1. The van der Waals surface area contributed by atoms with Gasteiger partial charge in [-0.15, -0.1) is 11.3 Å². The molecule has 2 aliphatic carbocycles. The van der Waals surface area contributed by atoms with Crippen molar-refractivity contribution in [1.82, 2.24) is 16.2 Å². The van der Waals surface area contributed by atoms with Crippen LogP contribution in [0.25, 0.3) is 0 Å². The summed E-state index contributed by atoms with van der Waals surface area (Å²) >= 11 is 1.57. The summed E-state index contributed by atoms with van der Waals surface area (Å²) < 4.78 is 5.25. The lowest BCUT2D eigenvalue weighted by Gasteiger charge is -2.22. The van der Waals surface area contributed by atoms with Crippen LogP contribution in [0.15, 0.2) is 41.8 Å². The molecule has 194 valence electrons. The Morgan fingerprint density at radius 2 is 1.69 bits per heavy atom. The summed E-state index contributed by atoms with van der Waals surface area (Å²) in [5, 5.41) is 5.55. The Morgan fingerprint density at radius 3 is 2.31 bits per heavy atom. The van der Waals surface area contributed by atoms with E-state index < -0.39 is 18.0 Å². The summed E-state index contributed by atoms with van der Waals surface area (Å²) in [5.41, 5.74) is 6.34. The average Bonchev–Trinajstić information content (AvgIpc) is 3.80. The van der Waals surface area contributed by atoms with Crippen LogP contribution in [0.1, 0.15) is 61.9 Å². The second-order valence-electron chi connectivity index (χ2n) is 10.3. The van der Waals surface area contributed by atoms with Gasteiger partial charge in [-0.3, -0.25) is 20.4 Å². The number of benzene rings is 1. The minimum absolute atomic E-state index is 0.110. The molecule has 4 rings (SSSR count). The van der Waals surface area contributed by atoms with Gasteiger partial charge in [0.2, 0.25) is 0 Å². The quantitative estimate of drug-likeness (QED) is 0.364. The Labute approximate surface area is 216 Å². The number of rotatable bonds is 12.